The monoisotopic (exact) mass is 388 g/mol. The van der Waals surface area contributed by atoms with Gasteiger partial charge in [-0.05, 0) is 0 Å². The minimum absolute atomic E-state index is 0.0654. The summed E-state index contributed by atoms with van der Waals surface area (Å²) in [6.45, 7) is 6.94. The standard InChI is InChI=1S/C21H24O2Se/c1-4-23-20(22)19-17-13-9-8-10-15(17)14-18(19)21(2,3)24-16-11-6-5-7-12-16/h5-13,18-19H,4,14H2,1-3H3. The molecule has 0 saturated carbocycles. The Hall–Kier alpha value is -1.57. The molecule has 0 radical (unpaired) electrons. The molecule has 2 unspecified atom stereocenters. The van der Waals surface area contributed by atoms with Crippen LogP contribution in [0.5, 0.6) is 0 Å². The Balaban J connectivity index is 1.92. The van der Waals surface area contributed by atoms with Crippen molar-refractivity contribution in [2.75, 3.05) is 6.61 Å². The first-order chi connectivity index (χ1) is 11.5. The van der Waals surface area contributed by atoms with E-state index in [-0.39, 0.29) is 22.1 Å². The van der Waals surface area contributed by atoms with Gasteiger partial charge in [-0.3, -0.25) is 0 Å². The average molecular weight is 387 g/mol. The van der Waals surface area contributed by atoms with Crippen LogP contribution >= 0.6 is 0 Å². The molecule has 0 aliphatic heterocycles. The first kappa shape index (κ1) is 17.3. The van der Waals surface area contributed by atoms with E-state index in [1.165, 1.54) is 10.0 Å². The van der Waals surface area contributed by atoms with Crippen molar-refractivity contribution in [3.8, 4) is 0 Å². The summed E-state index contributed by atoms with van der Waals surface area (Å²) in [6, 6.07) is 19.0. The molecule has 126 valence electrons. The van der Waals surface area contributed by atoms with E-state index in [2.05, 4.69) is 62.4 Å². The van der Waals surface area contributed by atoms with Crippen molar-refractivity contribution >= 4 is 25.4 Å². The average Bonchev–Trinajstić information content (AvgIpc) is 2.96. The number of carbonyl (C=O) groups excluding carboxylic acids is 1. The topological polar surface area (TPSA) is 26.3 Å². The van der Waals surface area contributed by atoms with Crippen molar-refractivity contribution in [3.05, 3.63) is 65.7 Å². The second-order valence-electron chi connectivity index (χ2n) is 6.76. The number of fused-ring (bicyclic) bond motifs is 1. The first-order valence-electron chi connectivity index (χ1n) is 8.51. The molecule has 0 bridgehead atoms. The van der Waals surface area contributed by atoms with Gasteiger partial charge in [-0.15, -0.1) is 0 Å². The van der Waals surface area contributed by atoms with Crippen LogP contribution in [-0.4, -0.2) is 27.5 Å². The summed E-state index contributed by atoms with van der Waals surface area (Å²) in [5.74, 6) is 0.0836. The number of esters is 1. The van der Waals surface area contributed by atoms with Crippen molar-refractivity contribution in [3.63, 3.8) is 0 Å². The number of rotatable bonds is 5. The van der Waals surface area contributed by atoms with E-state index in [1.54, 1.807) is 0 Å². The first-order valence-corrected chi connectivity index (χ1v) is 10.2. The van der Waals surface area contributed by atoms with Crippen LogP contribution in [0.4, 0.5) is 0 Å². The van der Waals surface area contributed by atoms with Crippen LogP contribution in [0.15, 0.2) is 54.6 Å². The number of benzene rings is 2. The van der Waals surface area contributed by atoms with E-state index in [0.717, 1.165) is 12.0 Å². The fourth-order valence-electron chi connectivity index (χ4n) is 3.63. The normalized spacial score (nSPS) is 19.8. The fraction of sp³-hybridized carbons (Fsp3) is 0.381. The SMILES string of the molecule is CCOC(=O)C1c2ccccc2CC1C(C)(C)[Se]c1ccccc1. The minimum atomic E-state index is -0.137. The third kappa shape index (κ3) is 3.43. The van der Waals surface area contributed by atoms with Gasteiger partial charge in [-0.2, -0.15) is 0 Å². The van der Waals surface area contributed by atoms with Crippen LogP contribution in [0.1, 0.15) is 37.8 Å². The molecule has 0 N–H and O–H groups in total. The molecule has 3 rings (SSSR count). The van der Waals surface area contributed by atoms with E-state index in [9.17, 15) is 4.79 Å². The maximum atomic E-state index is 12.7. The molecule has 0 spiro atoms. The Kier molecular flexibility index (Phi) is 5.12. The fourth-order valence-corrected chi connectivity index (χ4v) is 6.30. The number of hydrogen-bond acceptors (Lipinski definition) is 2. The van der Waals surface area contributed by atoms with Gasteiger partial charge in [-0.25, -0.2) is 0 Å². The molecule has 3 heteroatoms. The molecule has 2 nitrogen and oxygen atoms in total. The molecule has 2 aromatic rings. The Morgan fingerprint density at radius 1 is 1.12 bits per heavy atom. The van der Waals surface area contributed by atoms with E-state index in [0.29, 0.717) is 21.6 Å². The number of ether oxygens (including phenoxy) is 1. The van der Waals surface area contributed by atoms with Crippen molar-refractivity contribution in [1.29, 1.82) is 0 Å². The van der Waals surface area contributed by atoms with Gasteiger partial charge < -0.3 is 0 Å². The van der Waals surface area contributed by atoms with E-state index >= 15 is 0 Å². The Labute approximate surface area is 150 Å². The summed E-state index contributed by atoms with van der Waals surface area (Å²) >= 11 is 0.297. The third-order valence-corrected chi connectivity index (χ3v) is 7.59. The van der Waals surface area contributed by atoms with E-state index in [1.807, 2.05) is 13.0 Å². The third-order valence-electron chi connectivity index (χ3n) is 4.79. The van der Waals surface area contributed by atoms with Crippen LogP contribution in [0, 0.1) is 5.92 Å². The summed E-state index contributed by atoms with van der Waals surface area (Å²) in [7, 11) is 0. The molecular weight excluding hydrogens is 363 g/mol. The predicted octanol–water partition coefficient (Wildman–Crippen LogP) is 3.73. The summed E-state index contributed by atoms with van der Waals surface area (Å²) in [6.07, 6.45) is 0.960. The molecule has 0 fully saturated rings. The van der Waals surface area contributed by atoms with Crippen molar-refractivity contribution in [1.82, 2.24) is 0 Å². The molecule has 24 heavy (non-hydrogen) atoms. The van der Waals surface area contributed by atoms with E-state index in [4.69, 9.17) is 4.74 Å². The number of carbonyl (C=O) groups is 1. The van der Waals surface area contributed by atoms with Crippen LogP contribution in [0.25, 0.3) is 0 Å². The Morgan fingerprint density at radius 3 is 2.50 bits per heavy atom. The van der Waals surface area contributed by atoms with Crippen molar-refractivity contribution in [2.45, 2.75) is 37.4 Å². The van der Waals surface area contributed by atoms with Crippen LogP contribution in [-0.2, 0) is 16.0 Å². The summed E-state index contributed by atoms with van der Waals surface area (Å²) in [4.78, 5) is 12.7. The van der Waals surface area contributed by atoms with Gasteiger partial charge >= 0.3 is 151 Å². The molecule has 1 aliphatic carbocycles. The van der Waals surface area contributed by atoms with Gasteiger partial charge in [0.05, 0.1) is 0 Å². The van der Waals surface area contributed by atoms with Crippen molar-refractivity contribution in [2.24, 2.45) is 5.92 Å². The molecule has 1 aliphatic rings. The van der Waals surface area contributed by atoms with Gasteiger partial charge in [0.15, 0.2) is 0 Å². The molecule has 2 aromatic carbocycles. The van der Waals surface area contributed by atoms with Gasteiger partial charge in [-0.1, -0.05) is 0 Å². The Bertz CT molecular complexity index is 709. The summed E-state index contributed by atoms with van der Waals surface area (Å²) in [5.41, 5.74) is 2.47. The van der Waals surface area contributed by atoms with Crippen LogP contribution < -0.4 is 4.46 Å². The van der Waals surface area contributed by atoms with E-state index < -0.39 is 0 Å². The van der Waals surface area contributed by atoms with Gasteiger partial charge in [0.25, 0.3) is 0 Å². The second-order valence-corrected chi connectivity index (χ2v) is 10.4. The predicted molar refractivity (Wildman–Crippen MR) is 98.9 cm³/mol. The molecule has 0 amide bonds. The second kappa shape index (κ2) is 7.13. The van der Waals surface area contributed by atoms with Crippen molar-refractivity contribution < 1.29 is 9.53 Å². The van der Waals surface area contributed by atoms with Gasteiger partial charge in [0, 0.05) is 0 Å². The van der Waals surface area contributed by atoms with Crippen LogP contribution in [0.3, 0.4) is 0 Å². The Morgan fingerprint density at radius 2 is 1.79 bits per heavy atom. The molecule has 0 saturated heterocycles. The summed E-state index contributed by atoms with van der Waals surface area (Å²) < 4.78 is 6.88. The van der Waals surface area contributed by atoms with Gasteiger partial charge in [0.2, 0.25) is 0 Å². The quantitative estimate of drug-likeness (QED) is 0.577. The zero-order chi connectivity index (χ0) is 17.2. The summed E-state index contributed by atoms with van der Waals surface area (Å²) in [5, 5.41) is 0. The van der Waals surface area contributed by atoms with Crippen LogP contribution in [0.2, 0.25) is 4.31 Å². The zero-order valence-corrected chi connectivity index (χ0v) is 16.2. The molecule has 0 heterocycles. The molecule has 0 aromatic heterocycles. The van der Waals surface area contributed by atoms with Gasteiger partial charge in [0.1, 0.15) is 0 Å². The zero-order valence-electron chi connectivity index (χ0n) is 14.5. The molecule has 2 atom stereocenters. The number of hydrogen-bond donors (Lipinski definition) is 0. The maximum absolute atomic E-state index is 12.7. The molecular formula is C21H24O2Se.